The Labute approximate surface area is 134 Å². The molecule has 0 amide bonds. The van der Waals surface area contributed by atoms with Crippen molar-refractivity contribution in [2.24, 2.45) is 0 Å². The highest BCUT2D eigenvalue weighted by atomic mass is 32.2. The van der Waals surface area contributed by atoms with Crippen molar-refractivity contribution in [3.05, 3.63) is 30.1 Å². The Bertz CT molecular complexity index is 748. The number of hydrogen-bond donors (Lipinski definition) is 0. The van der Waals surface area contributed by atoms with Gasteiger partial charge >= 0.3 is 0 Å². The van der Waals surface area contributed by atoms with Crippen LogP contribution in [0.25, 0.3) is 11.5 Å². The van der Waals surface area contributed by atoms with E-state index in [0.29, 0.717) is 17.9 Å². The quantitative estimate of drug-likeness (QED) is 0.793. The standard InChI is InChI=1S/C15H18N2O5S/c1-20-12-6-4-11(5-7-12)15-16-14(17-22-15)10-23(18,19)9-13-3-2-8-21-13/h4-7,13H,2-3,8-10H2,1H3/t13-/m1/s1. The lowest BCUT2D eigenvalue weighted by Crippen LogP contribution is -2.21. The van der Waals surface area contributed by atoms with E-state index in [9.17, 15) is 8.42 Å². The van der Waals surface area contributed by atoms with E-state index >= 15 is 0 Å². The summed E-state index contributed by atoms with van der Waals surface area (Å²) >= 11 is 0. The zero-order chi connectivity index (χ0) is 16.3. The number of aromatic nitrogens is 2. The SMILES string of the molecule is COc1ccc(-c2nc(CS(=O)(=O)C[C@H]3CCCO3)no2)cc1. The van der Waals surface area contributed by atoms with Crippen LogP contribution < -0.4 is 4.74 Å². The van der Waals surface area contributed by atoms with Gasteiger partial charge in [0.1, 0.15) is 11.5 Å². The summed E-state index contributed by atoms with van der Waals surface area (Å²) in [5, 5.41) is 3.76. The molecule has 3 rings (SSSR count). The third kappa shape index (κ3) is 4.08. The van der Waals surface area contributed by atoms with Crippen LogP contribution in [-0.4, -0.2) is 44.1 Å². The molecular formula is C15H18N2O5S. The van der Waals surface area contributed by atoms with Crippen LogP contribution in [0.3, 0.4) is 0 Å². The molecule has 2 heterocycles. The van der Waals surface area contributed by atoms with Gasteiger partial charge in [-0.15, -0.1) is 0 Å². The van der Waals surface area contributed by atoms with Crippen molar-refractivity contribution in [2.45, 2.75) is 24.7 Å². The van der Waals surface area contributed by atoms with Gasteiger partial charge < -0.3 is 14.0 Å². The molecule has 0 radical (unpaired) electrons. The average Bonchev–Trinajstić information content (AvgIpc) is 3.18. The lowest BCUT2D eigenvalue weighted by Gasteiger charge is -2.08. The lowest BCUT2D eigenvalue weighted by molar-refractivity contribution is 0.127. The highest BCUT2D eigenvalue weighted by Gasteiger charge is 2.25. The number of ether oxygens (including phenoxy) is 2. The van der Waals surface area contributed by atoms with Crippen molar-refractivity contribution >= 4 is 9.84 Å². The molecule has 0 unspecified atom stereocenters. The lowest BCUT2D eigenvalue weighted by atomic mass is 10.2. The maximum atomic E-state index is 12.2. The van der Waals surface area contributed by atoms with E-state index in [1.54, 1.807) is 31.4 Å². The summed E-state index contributed by atoms with van der Waals surface area (Å²) in [4.78, 5) is 4.16. The molecule has 0 N–H and O–H groups in total. The smallest absolute Gasteiger partial charge is 0.257 e. The summed E-state index contributed by atoms with van der Waals surface area (Å²) < 4.78 is 39.9. The number of nitrogens with zero attached hydrogens (tertiary/aromatic N) is 2. The number of rotatable bonds is 6. The third-order valence-electron chi connectivity index (χ3n) is 3.62. The number of sulfone groups is 1. The minimum absolute atomic E-state index is 0.000586. The van der Waals surface area contributed by atoms with E-state index in [2.05, 4.69) is 10.1 Å². The second kappa shape index (κ2) is 6.67. The predicted octanol–water partition coefficient (Wildman–Crippen LogP) is 1.84. The largest absolute Gasteiger partial charge is 0.497 e. The molecule has 124 valence electrons. The second-order valence-electron chi connectivity index (χ2n) is 5.43. The van der Waals surface area contributed by atoms with Crippen LogP contribution in [0, 0.1) is 0 Å². The Hall–Kier alpha value is -1.93. The molecule has 1 fully saturated rings. The minimum Gasteiger partial charge on any atom is -0.497 e. The molecule has 0 saturated carbocycles. The Morgan fingerprint density at radius 2 is 2.09 bits per heavy atom. The van der Waals surface area contributed by atoms with Gasteiger partial charge in [-0.1, -0.05) is 5.16 Å². The van der Waals surface area contributed by atoms with Crippen LogP contribution >= 0.6 is 0 Å². The Morgan fingerprint density at radius 3 is 2.74 bits per heavy atom. The molecule has 1 saturated heterocycles. The van der Waals surface area contributed by atoms with Crippen LogP contribution in [0.1, 0.15) is 18.7 Å². The zero-order valence-corrected chi connectivity index (χ0v) is 13.6. The molecule has 2 aromatic rings. The van der Waals surface area contributed by atoms with Gasteiger partial charge in [0.15, 0.2) is 15.7 Å². The predicted molar refractivity (Wildman–Crippen MR) is 82.8 cm³/mol. The summed E-state index contributed by atoms with van der Waals surface area (Å²) in [7, 11) is -1.75. The van der Waals surface area contributed by atoms with Crippen molar-refractivity contribution in [2.75, 3.05) is 19.5 Å². The summed E-state index contributed by atoms with van der Waals surface area (Å²) in [6.07, 6.45) is 1.47. The van der Waals surface area contributed by atoms with E-state index < -0.39 is 9.84 Å². The van der Waals surface area contributed by atoms with Gasteiger partial charge in [0, 0.05) is 12.2 Å². The summed E-state index contributed by atoms with van der Waals surface area (Å²) in [5.74, 6) is 0.919. The van der Waals surface area contributed by atoms with Gasteiger partial charge in [-0.3, -0.25) is 0 Å². The van der Waals surface area contributed by atoms with E-state index in [1.807, 2.05) is 0 Å². The molecule has 1 atom stereocenters. The molecule has 0 bridgehead atoms. The van der Waals surface area contributed by atoms with Crippen molar-refractivity contribution < 1.29 is 22.4 Å². The molecule has 23 heavy (non-hydrogen) atoms. The maximum absolute atomic E-state index is 12.2. The van der Waals surface area contributed by atoms with Crippen molar-refractivity contribution in [1.82, 2.24) is 10.1 Å². The molecule has 8 heteroatoms. The highest BCUT2D eigenvalue weighted by molar-refractivity contribution is 7.90. The molecule has 0 spiro atoms. The molecular weight excluding hydrogens is 320 g/mol. The van der Waals surface area contributed by atoms with Crippen molar-refractivity contribution in [3.63, 3.8) is 0 Å². The number of hydrogen-bond acceptors (Lipinski definition) is 7. The maximum Gasteiger partial charge on any atom is 0.257 e. The zero-order valence-electron chi connectivity index (χ0n) is 12.8. The van der Waals surface area contributed by atoms with Crippen molar-refractivity contribution in [3.8, 4) is 17.2 Å². The van der Waals surface area contributed by atoms with Gasteiger partial charge in [0.2, 0.25) is 0 Å². The van der Waals surface area contributed by atoms with Crippen LogP contribution in [-0.2, 0) is 20.3 Å². The van der Waals surface area contributed by atoms with E-state index in [1.165, 1.54) is 0 Å². The highest BCUT2D eigenvalue weighted by Crippen LogP contribution is 2.21. The first kappa shape index (κ1) is 15.9. The van der Waals surface area contributed by atoms with Gasteiger partial charge in [0.05, 0.1) is 19.0 Å². The fraction of sp³-hybridized carbons (Fsp3) is 0.467. The first-order valence-corrected chi connectivity index (χ1v) is 9.17. The molecule has 0 aliphatic carbocycles. The van der Waals surface area contributed by atoms with Gasteiger partial charge in [-0.2, -0.15) is 4.98 Å². The van der Waals surface area contributed by atoms with Gasteiger partial charge in [0.25, 0.3) is 5.89 Å². The van der Waals surface area contributed by atoms with E-state index in [4.69, 9.17) is 14.0 Å². The Morgan fingerprint density at radius 1 is 1.30 bits per heavy atom. The fourth-order valence-corrected chi connectivity index (χ4v) is 3.94. The van der Waals surface area contributed by atoms with E-state index in [0.717, 1.165) is 12.8 Å². The van der Waals surface area contributed by atoms with Crippen molar-refractivity contribution in [1.29, 1.82) is 0 Å². The topological polar surface area (TPSA) is 91.5 Å². The Kier molecular flexibility index (Phi) is 4.63. The van der Waals surface area contributed by atoms with Gasteiger partial charge in [-0.25, -0.2) is 8.42 Å². The molecule has 7 nitrogen and oxygen atoms in total. The average molecular weight is 338 g/mol. The summed E-state index contributed by atoms with van der Waals surface area (Å²) in [6, 6.07) is 7.09. The molecule has 1 aromatic heterocycles. The van der Waals surface area contributed by atoms with Crippen LogP contribution in [0.4, 0.5) is 0 Å². The number of benzene rings is 1. The van der Waals surface area contributed by atoms with Gasteiger partial charge in [-0.05, 0) is 37.1 Å². The normalized spacial score (nSPS) is 18.2. The minimum atomic E-state index is -3.33. The third-order valence-corrected chi connectivity index (χ3v) is 5.20. The molecule has 1 aliphatic rings. The monoisotopic (exact) mass is 338 g/mol. The second-order valence-corrected chi connectivity index (χ2v) is 7.54. The fourth-order valence-electron chi connectivity index (χ4n) is 2.48. The van der Waals surface area contributed by atoms with E-state index in [-0.39, 0.29) is 29.3 Å². The molecule has 1 aromatic carbocycles. The summed E-state index contributed by atoms with van der Waals surface area (Å²) in [6.45, 7) is 0.629. The van der Waals surface area contributed by atoms with Crippen LogP contribution in [0.5, 0.6) is 5.75 Å². The first-order chi connectivity index (χ1) is 11.1. The summed E-state index contributed by atoms with van der Waals surface area (Å²) in [5.41, 5.74) is 0.709. The number of methoxy groups -OCH3 is 1. The van der Waals surface area contributed by atoms with Crippen LogP contribution in [0.15, 0.2) is 28.8 Å². The van der Waals surface area contributed by atoms with Crippen LogP contribution in [0.2, 0.25) is 0 Å². The Balaban J connectivity index is 1.68. The molecule has 1 aliphatic heterocycles. The first-order valence-electron chi connectivity index (χ1n) is 7.35.